The molecule has 2 aromatic rings. The molecule has 3 N–H and O–H groups in total. The first-order chi connectivity index (χ1) is 9.45. The maximum absolute atomic E-state index is 13.1. The third-order valence-corrected chi connectivity index (χ3v) is 3.93. The van der Waals surface area contributed by atoms with Gasteiger partial charge in [0.25, 0.3) is 0 Å². The fourth-order valence-electron chi connectivity index (χ4n) is 1.86. The van der Waals surface area contributed by atoms with Crippen LogP contribution in [0.2, 0.25) is 0 Å². The van der Waals surface area contributed by atoms with Crippen molar-refractivity contribution in [2.75, 3.05) is 19.8 Å². The predicted molar refractivity (Wildman–Crippen MR) is 80.4 cm³/mol. The van der Waals surface area contributed by atoms with Gasteiger partial charge in [-0.3, -0.25) is 0 Å². The number of hydrogen-bond acceptors (Lipinski definition) is 4. The molecule has 0 radical (unpaired) electrons. The number of nitrogens with two attached hydrogens (primary N) is 1. The van der Waals surface area contributed by atoms with Crippen LogP contribution in [0, 0.1) is 5.82 Å². The van der Waals surface area contributed by atoms with Crippen LogP contribution in [0.1, 0.15) is 5.56 Å². The fraction of sp³-hybridized carbons (Fsp3) is 0.200. The molecular weight excluding hydrogens is 275 g/mol. The minimum Gasteiger partial charge on any atom is -0.508 e. The van der Waals surface area contributed by atoms with E-state index < -0.39 is 0 Å². The number of phenolic OH excluding ortho intramolecular Hbond substituents is 1. The number of nitrogens with zero attached hydrogens (tertiary/aromatic N) is 1. The summed E-state index contributed by atoms with van der Waals surface area (Å²) in [6.07, 6.45) is 0. The van der Waals surface area contributed by atoms with Gasteiger partial charge in [0.05, 0.1) is 0 Å². The summed E-state index contributed by atoms with van der Waals surface area (Å²) < 4.78 is 13.1. The molecule has 20 heavy (non-hydrogen) atoms. The Kier molecular flexibility index (Phi) is 4.52. The molecular formula is C15H17FN2OS. The molecule has 0 unspecified atom stereocenters. The number of halogens is 1. The molecule has 0 heterocycles. The van der Waals surface area contributed by atoms with Crippen molar-refractivity contribution in [3.63, 3.8) is 0 Å². The van der Waals surface area contributed by atoms with Crippen LogP contribution in [0.25, 0.3) is 0 Å². The molecule has 106 valence electrons. The highest BCUT2D eigenvalue weighted by Crippen LogP contribution is 2.36. The molecule has 0 spiro atoms. The number of rotatable bonds is 4. The monoisotopic (exact) mass is 292 g/mol. The average molecular weight is 292 g/mol. The van der Waals surface area contributed by atoms with Crippen LogP contribution >= 0.6 is 11.8 Å². The Morgan fingerprint density at radius 1 is 1.15 bits per heavy atom. The number of anilines is 1. The molecule has 0 saturated carbocycles. The minimum atomic E-state index is -0.342. The highest BCUT2D eigenvalue weighted by Gasteiger charge is 2.09. The molecule has 0 bridgehead atoms. The van der Waals surface area contributed by atoms with E-state index in [4.69, 9.17) is 5.73 Å². The summed E-state index contributed by atoms with van der Waals surface area (Å²) in [5.41, 5.74) is 7.25. The van der Waals surface area contributed by atoms with Crippen molar-refractivity contribution in [1.29, 1.82) is 0 Å². The van der Waals surface area contributed by atoms with E-state index in [1.165, 1.54) is 23.9 Å². The predicted octanol–water partition coefficient (Wildman–Crippen LogP) is 3.33. The van der Waals surface area contributed by atoms with Gasteiger partial charge in [-0.15, -0.1) is 0 Å². The van der Waals surface area contributed by atoms with Gasteiger partial charge in [-0.2, -0.15) is 0 Å². The molecule has 0 aliphatic rings. The summed E-state index contributed by atoms with van der Waals surface area (Å²) in [6.45, 7) is 0.706. The number of benzene rings is 2. The van der Waals surface area contributed by atoms with Gasteiger partial charge >= 0.3 is 0 Å². The zero-order chi connectivity index (χ0) is 14.7. The molecule has 0 aliphatic carbocycles. The van der Waals surface area contributed by atoms with E-state index in [1.54, 1.807) is 18.2 Å². The van der Waals surface area contributed by atoms with Gasteiger partial charge in [-0.25, -0.2) is 4.39 Å². The summed E-state index contributed by atoms with van der Waals surface area (Å²) >= 11 is 1.47. The quantitative estimate of drug-likeness (QED) is 0.849. The lowest BCUT2D eigenvalue weighted by Gasteiger charge is -2.15. The van der Waals surface area contributed by atoms with Crippen LogP contribution in [0.15, 0.2) is 46.2 Å². The standard InChI is InChI=1S/C15H17FN2OS/c1-18(2)9-10-7-12(19)4-6-14(10)20-15-5-3-11(16)8-13(15)17/h3-8,19H,9,17H2,1-2H3. The van der Waals surface area contributed by atoms with E-state index in [0.29, 0.717) is 12.2 Å². The van der Waals surface area contributed by atoms with E-state index in [1.807, 2.05) is 25.1 Å². The van der Waals surface area contributed by atoms with Crippen molar-refractivity contribution in [1.82, 2.24) is 4.90 Å². The highest BCUT2D eigenvalue weighted by molar-refractivity contribution is 7.99. The third-order valence-electron chi connectivity index (χ3n) is 2.72. The van der Waals surface area contributed by atoms with Crippen LogP contribution in [0.3, 0.4) is 0 Å². The topological polar surface area (TPSA) is 49.5 Å². The molecule has 0 aliphatic heterocycles. The van der Waals surface area contributed by atoms with Crippen LogP contribution < -0.4 is 5.73 Å². The molecule has 2 rings (SSSR count). The van der Waals surface area contributed by atoms with Crippen LogP contribution in [0.5, 0.6) is 5.75 Å². The number of nitrogen functional groups attached to an aromatic ring is 1. The lowest BCUT2D eigenvalue weighted by molar-refractivity contribution is 0.397. The van der Waals surface area contributed by atoms with Crippen LogP contribution in [0.4, 0.5) is 10.1 Å². The summed E-state index contributed by atoms with van der Waals surface area (Å²) in [5.74, 6) is -0.107. The van der Waals surface area contributed by atoms with Crippen molar-refractivity contribution in [3.05, 3.63) is 47.8 Å². The first-order valence-electron chi connectivity index (χ1n) is 6.15. The zero-order valence-corrected chi connectivity index (χ0v) is 12.2. The van der Waals surface area contributed by atoms with Crippen molar-refractivity contribution < 1.29 is 9.50 Å². The van der Waals surface area contributed by atoms with Crippen molar-refractivity contribution in [2.24, 2.45) is 0 Å². The Balaban J connectivity index is 2.32. The third kappa shape index (κ3) is 3.65. The molecule has 2 aromatic carbocycles. The second kappa shape index (κ2) is 6.15. The fourth-order valence-corrected chi connectivity index (χ4v) is 2.80. The van der Waals surface area contributed by atoms with Gasteiger partial charge in [-0.1, -0.05) is 11.8 Å². The van der Waals surface area contributed by atoms with E-state index in [9.17, 15) is 9.50 Å². The molecule has 0 amide bonds. The number of phenols is 1. The van der Waals surface area contributed by atoms with Crippen LogP contribution in [-0.2, 0) is 6.54 Å². The number of aromatic hydroxyl groups is 1. The first kappa shape index (κ1) is 14.7. The Labute approximate surface area is 122 Å². The van der Waals surface area contributed by atoms with Crippen LogP contribution in [-0.4, -0.2) is 24.1 Å². The maximum Gasteiger partial charge on any atom is 0.125 e. The Morgan fingerprint density at radius 2 is 1.85 bits per heavy atom. The molecule has 0 aromatic heterocycles. The van der Waals surface area contributed by atoms with E-state index in [2.05, 4.69) is 0 Å². The largest absolute Gasteiger partial charge is 0.508 e. The zero-order valence-electron chi connectivity index (χ0n) is 11.4. The number of hydrogen-bond donors (Lipinski definition) is 2. The normalized spacial score (nSPS) is 11.0. The van der Waals surface area contributed by atoms with Gasteiger partial charge in [0.15, 0.2) is 0 Å². The van der Waals surface area contributed by atoms with Gasteiger partial charge < -0.3 is 15.7 Å². The molecule has 0 saturated heterocycles. The van der Waals surface area contributed by atoms with Crippen molar-refractivity contribution in [2.45, 2.75) is 16.3 Å². The summed E-state index contributed by atoms with van der Waals surface area (Å²) in [7, 11) is 3.93. The van der Waals surface area contributed by atoms with Gasteiger partial charge in [0, 0.05) is 22.0 Å². The summed E-state index contributed by atoms with van der Waals surface area (Å²) in [4.78, 5) is 3.82. The molecule has 3 nitrogen and oxygen atoms in total. The van der Waals surface area contributed by atoms with E-state index in [-0.39, 0.29) is 11.6 Å². The SMILES string of the molecule is CN(C)Cc1cc(O)ccc1Sc1ccc(F)cc1N. The highest BCUT2D eigenvalue weighted by atomic mass is 32.2. The first-order valence-corrected chi connectivity index (χ1v) is 6.97. The lowest BCUT2D eigenvalue weighted by Crippen LogP contribution is -2.11. The van der Waals surface area contributed by atoms with Crippen molar-refractivity contribution >= 4 is 17.4 Å². The Morgan fingerprint density at radius 3 is 2.50 bits per heavy atom. The smallest absolute Gasteiger partial charge is 0.125 e. The van der Waals surface area contributed by atoms with Gasteiger partial charge in [-0.05, 0) is 56.1 Å². The molecule has 5 heteroatoms. The van der Waals surface area contributed by atoms with E-state index >= 15 is 0 Å². The lowest BCUT2D eigenvalue weighted by atomic mass is 10.2. The Hall–Kier alpha value is -1.72. The molecule has 0 fully saturated rings. The van der Waals surface area contributed by atoms with E-state index in [0.717, 1.165) is 15.4 Å². The summed E-state index contributed by atoms with van der Waals surface area (Å²) in [5, 5.41) is 9.61. The summed E-state index contributed by atoms with van der Waals surface area (Å²) in [6, 6.07) is 9.60. The second-order valence-electron chi connectivity index (χ2n) is 4.81. The maximum atomic E-state index is 13.1. The van der Waals surface area contributed by atoms with Gasteiger partial charge in [0.2, 0.25) is 0 Å². The Bertz CT molecular complexity index is 617. The second-order valence-corrected chi connectivity index (χ2v) is 5.90. The minimum absolute atomic E-state index is 0.235. The molecule has 0 atom stereocenters. The van der Waals surface area contributed by atoms with Gasteiger partial charge in [0.1, 0.15) is 11.6 Å². The van der Waals surface area contributed by atoms with Crippen molar-refractivity contribution in [3.8, 4) is 5.75 Å². The average Bonchev–Trinajstić information content (AvgIpc) is 2.34.